The summed E-state index contributed by atoms with van der Waals surface area (Å²) in [6.07, 6.45) is 3.21. The van der Waals surface area contributed by atoms with Gasteiger partial charge in [0.2, 0.25) is 0 Å². The number of hydrogen-bond donors (Lipinski definition) is 2. The van der Waals surface area contributed by atoms with Crippen LogP contribution in [0.3, 0.4) is 0 Å². The standard InChI is InChI=1S/C14H15N5O/c1-10-2-3-11(7-16)6-12(10)18-14(20)13-8-19(5-4-15)9-17-13/h2-3,6,8-9H,4-5,15H2,1H3,(H,18,20). The summed E-state index contributed by atoms with van der Waals surface area (Å²) in [6.45, 7) is 2.97. The highest BCUT2D eigenvalue weighted by Gasteiger charge is 2.11. The normalized spacial score (nSPS) is 10.1. The number of imidazole rings is 1. The number of nitrogens with two attached hydrogens (primary N) is 1. The molecule has 0 unspecified atom stereocenters. The molecule has 0 aliphatic rings. The number of anilines is 1. The number of hydrogen-bond acceptors (Lipinski definition) is 4. The molecular weight excluding hydrogens is 254 g/mol. The van der Waals surface area contributed by atoms with E-state index in [1.54, 1.807) is 35.3 Å². The minimum atomic E-state index is -0.307. The first-order valence-electron chi connectivity index (χ1n) is 6.18. The SMILES string of the molecule is Cc1ccc(C#N)cc1NC(=O)c1cn(CCN)cn1. The van der Waals surface area contributed by atoms with Gasteiger partial charge in [-0.1, -0.05) is 6.07 Å². The largest absolute Gasteiger partial charge is 0.335 e. The topological polar surface area (TPSA) is 96.7 Å². The van der Waals surface area contributed by atoms with E-state index in [1.165, 1.54) is 0 Å². The van der Waals surface area contributed by atoms with Crippen LogP contribution in [0.2, 0.25) is 0 Å². The quantitative estimate of drug-likeness (QED) is 0.873. The average molecular weight is 269 g/mol. The number of nitrogens with one attached hydrogen (secondary N) is 1. The van der Waals surface area contributed by atoms with Crippen LogP contribution in [0.15, 0.2) is 30.7 Å². The van der Waals surface area contributed by atoms with Crippen molar-refractivity contribution in [3.8, 4) is 6.07 Å². The highest BCUT2D eigenvalue weighted by molar-refractivity contribution is 6.03. The molecule has 0 bridgehead atoms. The maximum Gasteiger partial charge on any atom is 0.275 e. The zero-order valence-corrected chi connectivity index (χ0v) is 11.1. The lowest BCUT2D eigenvalue weighted by Gasteiger charge is -2.07. The van der Waals surface area contributed by atoms with Crippen LogP contribution in [-0.2, 0) is 6.54 Å². The summed E-state index contributed by atoms with van der Waals surface area (Å²) in [5, 5.41) is 11.6. The van der Waals surface area contributed by atoms with Crippen LogP contribution >= 0.6 is 0 Å². The van der Waals surface area contributed by atoms with E-state index in [0.717, 1.165) is 5.56 Å². The van der Waals surface area contributed by atoms with Crippen LogP contribution in [0.5, 0.6) is 0 Å². The molecule has 2 aromatic rings. The van der Waals surface area contributed by atoms with Gasteiger partial charge in [0.25, 0.3) is 5.91 Å². The van der Waals surface area contributed by atoms with Gasteiger partial charge in [-0.05, 0) is 24.6 Å². The number of nitriles is 1. The fourth-order valence-electron chi connectivity index (χ4n) is 1.76. The van der Waals surface area contributed by atoms with E-state index in [4.69, 9.17) is 11.0 Å². The summed E-state index contributed by atoms with van der Waals surface area (Å²) in [5.74, 6) is -0.307. The molecule has 0 fully saturated rings. The molecule has 1 aromatic heterocycles. The maximum absolute atomic E-state index is 12.1. The third kappa shape index (κ3) is 3.02. The Morgan fingerprint density at radius 3 is 3.05 bits per heavy atom. The van der Waals surface area contributed by atoms with E-state index in [1.807, 2.05) is 13.0 Å². The number of carbonyl (C=O) groups is 1. The summed E-state index contributed by atoms with van der Waals surface area (Å²) in [5.41, 5.74) is 7.76. The van der Waals surface area contributed by atoms with Crippen LogP contribution in [-0.4, -0.2) is 22.0 Å². The molecule has 1 heterocycles. The zero-order valence-electron chi connectivity index (χ0n) is 11.1. The van der Waals surface area contributed by atoms with Gasteiger partial charge in [-0.3, -0.25) is 4.79 Å². The minimum Gasteiger partial charge on any atom is -0.335 e. The second-order valence-corrected chi connectivity index (χ2v) is 4.38. The Kier molecular flexibility index (Phi) is 4.13. The highest BCUT2D eigenvalue weighted by atomic mass is 16.1. The van der Waals surface area contributed by atoms with E-state index < -0.39 is 0 Å². The molecule has 3 N–H and O–H groups in total. The van der Waals surface area contributed by atoms with Crippen molar-refractivity contribution in [2.24, 2.45) is 5.73 Å². The van der Waals surface area contributed by atoms with Crippen LogP contribution in [0.25, 0.3) is 0 Å². The number of aromatic nitrogens is 2. The highest BCUT2D eigenvalue weighted by Crippen LogP contribution is 2.17. The first-order chi connectivity index (χ1) is 9.63. The monoisotopic (exact) mass is 269 g/mol. The fourth-order valence-corrected chi connectivity index (χ4v) is 1.76. The van der Waals surface area contributed by atoms with Crippen molar-refractivity contribution in [1.29, 1.82) is 5.26 Å². The van der Waals surface area contributed by atoms with E-state index in [0.29, 0.717) is 30.0 Å². The van der Waals surface area contributed by atoms with Crippen molar-refractivity contribution in [2.75, 3.05) is 11.9 Å². The predicted molar refractivity (Wildman–Crippen MR) is 75.1 cm³/mol. The number of benzene rings is 1. The minimum absolute atomic E-state index is 0.307. The van der Waals surface area contributed by atoms with Crippen molar-refractivity contribution in [3.05, 3.63) is 47.5 Å². The van der Waals surface area contributed by atoms with E-state index in [2.05, 4.69) is 10.3 Å². The fraction of sp³-hybridized carbons (Fsp3) is 0.214. The number of nitrogens with zero attached hydrogens (tertiary/aromatic N) is 3. The number of rotatable bonds is 4. The predicted octanol–water partition coefficient (Wildman–Crippen LogP) is 1.27. The third-order valence-corrected chi connectivity index (χ3v) is 2.87. The van der Waals surface area contributed by atoms with Gasteiger partial charge < -0.3 is 15.6 Å². The Hall–Kier alpha value is -2.65. The van der Waals surface area contributed by atoms with Crippen LogP contribution < -0.4 is 11.1 Å². The van der Waals surface area contributed by atoms with Crippen molar-refractivity contribution < 1.29 is 4.79 Å². The molecule has 2 rings (SSSR count). The van der Waals surface area contributed by atoms with Gasteiger partial charge >= 0.3 is 0 Å². The van der Waals surface area contributed by atoms with Gasteiger partial charge in [0.15, 0.2) is 0 Å². The number of carbonyl (C=O) groups excluding carboxylic acids is 1. The molecule has 0 atom stereocenters. The van der Waals surface area contributed by atoms with Gasteiger partial charge in [0.05, 0.1) is 18.0 Å². The summed E-state index contributed by atoms with van der Waals surface area (Å²) in [6, 6.07) is 7.19. The summed E-state index contributed by atoms with van der Waals surface area (Å²) >= 11 is 0. The van der Waals surface area contributed by atoms with Gasteiger partial charge in [-0.25, -0.2) is 4.98 Å². The second kappa shape index (κ2) is 5.99. The molecule has 0 aliphatic heterocycles. The van der Waals surface area contributed by atoms with E-state index in [9.17, 15) is 4.79 Å². The molecule has 102 valence electrons. The van der Waals surface area contributed by atoms with Gasteiger partial charge in [-0.2, -0.15) is 5.26 Å². The zero-order chi connectivity index (χ0) is 14.5. The van der Waals surface area contributed by atoms with Crippen LogP contribution in [0.1, 0.15) is 21.6 Å². The number of aryl methyl sites for hydroxylation is 1. The molecule has 0 saturated heterocycles. The molecule has 0 aliphatic carbocycles. The lowest BCUT2D eigenvalue weighted by Crippen LogP contribution is -2.13. The lowest BCUT2D eigenvalue weighted by atomic mass is 10.1. The smallest absolute Gasteiger partial charge is 0.275 e. The van der Waals surface area contributed by atoms with E-state index in [-0.39, 0.29) is 5.91 Å². The molecule has 20 heavy (non-hydrogen) atoms. The molecule has 0 spiro atoms. The van der Waals surface area contributed by atoms with Crippen LogP contribution in [0.4, 0.5) is 5.69 Å². The molecule has 1 amide bonds. The molecule has 6 nitrogen and oxygen atoms in total. The Labute approximate surface area is 116 Å². The van der Waals surface area contributed by atoms with E-state index >= 15 is 0 Å². The van der Waals surface area contributed by atoms with Gasteiger partial charge in [0.1, 0.15) is 5.69 Å². The van der Waals surface area contributed by atoms with Crippen molar-refractivity contribution in [2.45, 2.75) is 13.5 Å². The van der Waals surface area contributed by atoms with Crippen molar-refractivity contribution in [1.82, 2.24) is 9.55 Å². The Morgan fingerprint density at radius 1 is 1.55 bits per heavy atom. The second-order valence-electron chi connectivity index (χ2n) is 4.38. The maximum atomic E-state index is 12.1. The first kappa shape index (κ1) is 13.8. The average Bonchev–Trinajstić information content (AvgIpc) is 2.90. The summed E-state index contributed by atoms with van der Waals surface area (Å²) < 4.78 is 1.76. The molecule has 0 saturated carbocycles. The lowest BCUT2D eigenvalue weighted by molar-refractivity contribution is 0.102. The third-order valence-electron chi connectivity index (χ3n) is 2.87. The molecule has 0 radical (unpaired) electrons. The number of amides is 1. The van der Waals surface area contributed by atoms with Crippen molar-refractivity contribution in [3.63, 3.8) is 0 Å². The molecular formula is C14H15N5O. The Bertz CT molecular complexity index is 668. The van der Waals surface area contributed by atoms with Crippen LogP contribution in [0, 0.1) is 18.3 Å². The van der Waals surface area contributed by atoms with Gasteiger partial charge in [0, 0.05) is 25.0 Å². The Morgan fingerprint density at radius 2 is 2.35 bits per heavy atom. The molecule has 1 aromatic carbocycles. The molecule has 6 heteroatoms. The van der Waals surface area contributed by atoms with Crippen molar-refractivity contribution >= 4 is 11.6 Å². The summed E-state index contributed by atoms with van der Waals surface area (Å²) in [7, 11) is 0. The van der Waals surface area contributed by atoms with Gasteiger partial charge in [-0.15, -0.1) is 0 Å². The first-order valence-corrected chi connectivity index (χ1v) is 6.18. The summed E-state index contributed by atoms with van der Waals surface area (Å²) in [4.78, 5) is 16.1. The Balaban J connectivity index is 2.16.